The van der Waals surface area contributed by atoms with E-state index in [0.717, 1.165) is 0 Å². The number of rotatable bonds is 4. The summed E-state index contributed by atoms with van der Waals surface area (Å²) in [6.45, 7) is 3.99. The molecule has 0 fully saturated rings. The first-order valence-electron chi connectivity index (χ1n) is 5.75. The van der Waals surface area contributed by atoms with Crippen LogP contribution in [0.5, 0.6) is 11.6 Å². The lowest BCUT2D eigenvalue weighted by Gasteiger charge is -2.06. The molecule has 0 unspecified atom stereocenters. The van der Waals surface area contributed by atoms with E-state index in [-0.39, 0.29) is 17.6 Å². The highest BCUT2D eigenvalue weighted by Crippen LogP contribution is 2.25. The second kappa shape index (κ2) is 4.97. The summed E-state index contributed by atoms with van der Waals surface area (Å²) >= 11 is 0. The van der Waals surface area contributed by atoms with E-state index in [1.165, 1.54) is 12.1 Å². The lowest BCUT2D eigenvalue weighted by atomic mass is 10.3. The van der Waals surface area contributed by atoms with Gasteiger partial charge in [-0.05, 0) is 26.0 Å². The molecule has 7 heteroatoms. The van der Waals surface area contributed by atoms with Gasteiger partial charge in [-0.1, -0.05) is 0 Å². The second-order valence-electron chi connectivity index (χ2n) is 4.31. The van der Waals surface area contributed by atoms with Gasteiger partial charge in [0.05, 0.1) is 18.1 Å². The van der Waals surface area contributed by atoms with Gasteiger partial charge in [-0.2, -0.15) is 5.10 Å². The molecule has 4 N–H and O–H groups in total. The summed E-state index contributed by atoms with van der Waals surface area (Å²) in [7, 11) is 0. The second-order valence-corrected chi connectivity index (χ2v) is 4.31. The number of primary amides is 1. The average Bonchev–Trinajstić information content (AvgIpc) is 2.80. The Balaban J connectivity index is 2.26. The fourth-order valence-corrected chi connectivity index (χ4v) is 1.44. The minimum Gasteiger partial charge on any atom is -0.434 e. The van der Waals surface area contributed by atoms with Crippen LogP contribution in [0.2, 0.25) is 0 Å². The SMILES string of the molecule is CC(C)n1cc(Oc2nc(C(N)=O)ccc2N)cn1. The molecule has 0 aliphatic carbocycles. The molecule has 7 nitrogen and oxygen atoms in total. The minimum atomic E-state index is -0.636. The number of anilines is 1. The third-order valence-corrected chi connectivity index (χ3v) is 2.46. The van der Waals surface area contributed by atoms with Crippen molar-refractivity contribution in [1.29, 1.82) is 0 Å². The number of aromatic nitrogens is 3. The first kappa shape index (κ1) is 12.9. The molecule has 19 heavy (non-hydrogen) atoms. The van der Waals surface area contributed by atoms with E-state index in [2.05, 4.69) is 10.1 Å². The van der Waals surface area contributed by atoms with Crippen molar-refractivity contribution < 1.29 is 9.53 Å². The summed E-state index contributed by atoms with van der Waals surface area (Å²) in [5, 5.41) is 4.13. The summed E-state index contributed by atoms with van der Waals surface area (Å²) in [5.74, 6) is -0.00291. The third-order valence-electron chi connectivity index (χ3n) is 2.46. The lowest BCUT2D eigenvalue weighted by Crippen LogP contribution is -2.13. The van der Waals surface area contributed by atoms with Crippen molar-refractivity contribution in [2.45, 2.75) is 19.9 Å². The van der Waals surface area contributed by atoms with Gasteiger partial charge in [0.1, 0.15) is 5.69 Å². The number of pyridine rings is 1. The third kappa shape index (κ3) is 2.82. The van der Waals surface area contributed by atoms with E-state index in [4.69, 9.17) is 16.2 Å². The van der Waals surface area contributed by atoms with Crippen molar-refractivity contribution >= 4 is 11.6 Å². The van der Waals surface area contributed by atoms with E-state index in [1.807, 2.05) is 13.8 Å². The van der Waals surface area contributed by atoms with Crippen molar-refractivity contribution in [1.82, 2.24) is 14.8 Å². The maximum atomic E-state index is 11.1. The molecule has 0 aliphatic heterocycles. The van der Waals surface area contributed by atoms with E-state index >= 15 is 0 Å². The molecule has 0 bridgehead atoms. The number of nitrogens with two attached hydrogens (primary N) is 2. The van der Waals surface area contributed by atoms with Crippen molar-refractivity contribution in [3.05, 3.63) is 30.2 Å². The lowest BCUT2D eigenvalue weighted by molar-refractivity contribution is 0.0995. The Morgan fingerprint density at radius 2 is 2.16 bits per heavy atom. The highest BCUT2D eigenvalue weighted by Gasteiger charge is 2.11. The van der Waals surface area contributed by atoms with Crippen molar-refractivity contribution in [2.75, 3.05) is 5.73 Å². The van der Waals surface area contributed by atoms with Gasteiger partial charge in [-0.25, -0.2) is 4.98 Å². The first-order valence-corrected chi connectivity index (χ1v) is 5.75. The fraction of sp³-hybridized carbons (Fsp3) is 0.250. The summed E-state index contributed by atoms with van der Waals surface area (Å²) in [5.41, 5.74) is 11.3. The zero-order valence-electron chi connectivity index (χ0n) is 10.7. The predicted molar refractivity (Wildman–Crippen MR) is 69.9 cm³/mol. The van der Waals surface area contributed by atoms with Crippen molar-refractivity contribution in [2.24, 2.45) is 5.73 Å². The Labute approximate surface area is 110 Å². The molecule has 0 spiro atoms. The predicted octanol–water partition coefficient (Wildman–Crippen LogP) is 1.33. The molecule has 2 aromatic heterocycles. The van der Waals surface area contributed by atoms with Gasteiger partial charge in [0.15, 0.2) is 5.75 Å². The van der Waals surface area contributed by atoms with Gasteiger partial charge >= 0.3 is 0 Å². The summed E-state index contributed by atoms with van der Waals surface area (Å²) in [4.78, 5) is 15.0. The standard InChI is InChI=1S/C12H15N5O2/c1-7(2)17-6-8(5-15-17)19-12-9(13)3-4-10(16-12)11(14)18/h3-7H,13H2,1-2H3,(H2,14,18). The zero-order chi connectivity index (χ0) is 14.0. The Kier molecular flexibility index (Phi) is 3.37. The first-order chi connectivity index (χ1) is 8.97. The molecule has 100 valence electrons. The number of nitrogen functional groups attached to an aromatic ring is 1. The van der Waals surface area contributed by atoms with Gasteiger partial charge in [-0.3, -0.25) is 9.48 Å². The fourth-order valence-electron chi connectivity index (χ4n) is 1.44. The molecule has 0 radical (unpaired) electrons. The number of ether oxygens (including phenoxy) is 1. The summed E-state index contributed by atoms with van der Waals surface area (Å²) < 4.78 is 7.24. The van der Waals surface area contributed by atoms with Crippen LogP contribution in [0, 0.1) is 0 Å². The van der Waals surface area contributed by atoms with Crippen LogP contribution in [0.1, 0.15) is 30.4 Å². The largest absolute Gasteiger partial charge is 0.434 e. The number of hydrogen-bond acceptors (Lipinski definition) is 5. The smallest absolute Gasteiger partial charge is 0.267 e. The Morgan fingerprint density at radius 1 is 1.42 bits per heavy atom. The van der Waals surface area contributed by atoms with Crippen LogP contribution in [0.3, 0.4) is 0 Å². The van der Waals surface area contributed by atoms with Crippen LogP contribution in [-0.2, 0) is 0 Å². The van der Waals surface area contributed by atoms with Crippen LogP contribution >= 0.6 is 0 Å². The molecule has 2 heterocycles. The quantitative estimate of drug-likeness (QED) is 0.862. The topological polar surface area (TPSA) is 109 Å². The molecule has 0 atom stereocenters. The molecule has 2 rings (SSSR count). The molecular weight excluding hydrogens is 246 g/mol. The summed E-state index contributed by atoms with van der Waals surface area (Å²) in [6, 6.07) is 3.19. The molecule has 0 aromatic carbocycles. The Morgan fingerprint density at radius 3 is 2.74 bits per heavy atom. The maximum Gasteiger partial charge on any atom is 0.267 e. The number of hydrogen-bond donors (Lipinski definition) is 2. The molecule has 0 aliphatic rings. The zero-order valence-corrected chi connectivity index (χ0v) is 10.7. The Hall–Kier alpha value is -2.57. The highest BCUT2D eigenvalue weighted by atomic mass is 16.5. The van der Waals surface area contributed by atoms with Crippen molar-refractivity contribution in [3.8, 4) is 11.6 Å². The van der Waals surface area contributed by atoms with Gasteiger partial charge in [-0.15, -0.1) is 0 Å². The number of amides is 1. The van der Waals surface area contributed by atoms with Crippen LogP contribution in [-0.4, -0.2) is 20.7 Å². The number of nitrogens with zero attached hydrogens (tertiary/aromatic N) is 3. The van der Waals surface area contributed by atoms with Crippen LogP contribution < -0.4 is 16.2 Å². The van der Waals surface area contributed by atoms with Gasteiger partial charge in [0.25, 0.3) is 5.91 Å². The minimum absolute atomic E-state index is 0.0976. The van der Waals surface area contributed by atoms with Crippen LogP contribution in [0.4, 0.5) is 5.69 Å². The van der Waals surface area contributed by atoms with E-state index < -0.39 is 5.91 Å². The molecule has 1 amide bonds. The van der Waals surface area contributed by atoms with Crippen molar-refractivity contribution in [3.63, 3.8) is 0 Å². The molecule has 2 aromatic rings. The number of carbonyl (C=O) groups is 1. The molecule has 0 saturated carbocycles. The van der Waals surface area contributed by atoms with Gasteiger partial charge in [0.2, 0.25) is 5.88 Å². The van der Waals surface area contributed by atoms with E-state index in [1.54, 1.807) is 17.1 Å². The molecule has 0 saturated heterocycles. The average molecular weight is 261 g/mol. The molecular formula is C12H15N5O2. The monoisotopic (exact) mass is 261 g/mol. The number of carbonyl (C=O) groups excluding carboxylic acids is 1. The normalized spacial score (nSPS) is 10.7. The summed E-state index contributed by atoms with van der Waals surface area (Å²) in [6.07, 6.45) is 3.28. The van der Waals surface area contributed by atoms with Gasteiger partial charge < -0.3 is 16.2 Å². The van der Waals surface area contributed by atoms with E-state index in [9.17, 15) is 4.79 Å². The van der Waals surface area contributed by atoms with Crippen LogP contribution in [0.15, 0.2) is 24.5 Å². The maximum absolute atomic E-state index is 11.1. The van der Waals surface area contributed by atoms with E-state index in [0.29, 0.717) is 11.4 Å². The Bertz CT molecular complexity index is 606. The van der Waals surface area contributed by atoms with Gasteiger partial charge in [0, 0.05) is 6.04 Å². The van der Waals surface area contributed by atoms with Crippen LogP contribution in [0.25, 0.3) is 0 Å². The highest BCUT2D eigenvalue weighted by molar-refractivity contribution is 5.91.